The summed E-state index contributed by atoms with van der Waals surface area (Å²) in [4.78, 5) is 11.5. The molecule has 1 fully saturated rings. The standard InChI is InChI=1S/C34H38F4O2/c1-2-3-4-5-6-7-22-8-10-23(11-9-22)12-13-24-14-16-25(17-15-24)27-18-19-28(34(39)40)32(37)31(27)26-20-29(35)33(38)30(36)21-26/h14-23H,2-13H2,1H3,(H,39,40). The van der Waals surface area contributed by atoms with Crippen LogP contribution in [0, 0.1) is 35.1 Å². The number of rotatable bonds is 12. The number of benzene rings is 3. The number of carboxylic acids is 1. The van der Waals surface area contributed by atoms with Gasteiger partial charge in [0.05, 0.1) is 5.56 Å². The highest BCUT2D eigenvalue weighted by Crippen LogP contribution is 2.38. The number of hydrogen-bond acceptors (Lipinski definition) is 1. The van der Waals surface area contributed by atoms with Crippen LogP contribution < -0.4 is 0 Å². The van der Waals surface area contributed by atoms with E-state index in [0.717, 1.165) is 36.3 Å². The topological polar surface area (TPSA) is 37.3 Å². The highest BCUT2D eigenvalue weighted by molar-refractivity contribution is 5.94. The molecule has 1 aliphatic carbocycles. The molecule has 1 saturated carbocycles. The summed E-state index contributed by atoms with van der Waals surface area (Å²) in [7, 11) is 0. The summed E-state index contributed by atoms with van der Waals surface area (Å²) in [5.41, 5.74) is 0.795. The van der Waals surface area contributed by atoms with E-state index in [-0.39, 0.29) is 16.7 Å². The molecule has 0 atom stereocenters. The number of aryl methyl sites for hydroxylation is 1. The Kier molecular flexibility index (Phi) is 10.4. The SMILES string of the molecule is CCCCCCCC1CCC(CCc2ccc(-c3ccc(C(=O)O)c(F)c3-c3cc(F)c(F)c(F)c3)cc2)CC1. The first kappa shape index (κ1) is 29.8. The molecule has 3 aromatic rings. The van der Waals surface area contributed by atoms with Crippen molar-refractivity contribution in [3.8, 4) is 22.3 Å². The average molecular weight is 555 g/mol. The van der Waals surface area contributed by atoms with Crippen molar-refractivity contribution < 1.29 is 27.5 Å². The van der Waals surface area contributed by atoms with Crippen molar-refractivity contribution >= 4 is 5.97 Å². The largest absolute Gasteiger partial charge is 0.478 e. The van der Waals surface area contributed by atoms with Gasteiger partial charge in [-0.25, -0.2) is 22.4 Å². The van der Waals surface area contributed by atoms with E-state index in [1.165, 1.54) is 70.3 Å². The van der Waals surface area contributed by atoms with E-state index < -0.39 is 34.8 Å². The lowest BCUT2D eigenvalue weighted by molar-refractivity contribution is 0.0692. The summed E-state index contributed by atoms with van der Waals surface area (Å²) < 4.78 is 56.9. The molecular weight excluding hydrogens is 516 g/mol. The monoisotopic (exact) mass is 554 g/mol. The van der Waals surface area contributed by atoms with Crippen molar-refractivity contribution in [3.05, 3.63) is 82.9 Å². The minimum atomic E-state index is -1.67. The van der Waals surface area contributed by atoms with Crippen LogP contribution in [0.2, 0.25) is 0 Å². The third kappa shape index (κ3) is 7.32. The van der Waals surface area contributed by atoms with Gasteiger partial charge < -0.3 is 5.11 Å². The Morgan fingerprint density at radius 3 is 1.95 bits per heavy atom. The zero-order valence-corrected chi connectivity index (χ0v) is 23.1. The molecule has 6 heteroatoms. The third-order valence-electron chi connectivity index (χ3n) is 8.43. The van der Waals surface area contributed by atoms with E-state index in [0.29, 0.717) is 17.7 Å². The smallest absolute Gasteiger partial charge is 0.338 e. The van der Waals surface area contributed by atoms with Gasteiger partial charge in [-0.1, -0.05) is 101 Å². The molecule has 0 aliphatic heterocycles. The van der Waals surface area contributed by atoms with Crippen LogP contribution in [-0.2, 0) is 6.42 Å². The van der Waals surface area contributed by atoms with Crippen LogP contribution in [0.5, 0.6) is 0 Å². The Morgan fingerprint density at radius 2 is 1.35 bits per heavy atom. The van der Waals surface area contributed by atoms with Crippen LogP contribution in [0.15, 0.2) is 48.5 Å². The fraction of sp³-hybridized carbons (Fsp3) is 0.441. The first-order valence-electron chi connectivity index (χ1n) is 14.6. The van der Waals surface area contributed by atoms with Crippen molar-refractivity contribution in [1.29, 1.82) is 0 Å². The summed E-state index contributed by atoms with van der Waals surface area (Å²) in [5.74, 6) is -5.65. The fourth-order valence-electron chi connectivity index (χ4n) is 6.03. The van der Waals surface area contributed by atoms with E-state index in [1.807, 2.05) is 12.1 Å². The number of hydrogen-bond donors (Lipinski definition) is 1. The van der Waals surface area contributed by atoms with Crippen molar-refractivity contribution in [1.82, 2.24) is 0 Å². The van der Waals surface area contributed by atoms with Crippen molar-refractivity contribution in [2.24, 2.45) is 11.8 Å². The maximum Gasteiger partial charge on any atom is 0.338 e. The zero-order chi connectivity index (χ0) is 28.6. The second kappa shape index (κ2) is 14.0. The van der Waals surface area contributed by atoms with Crippen LogP contribution in [0.25, 0.3) is 22.3 Å². The number of carboxylic acid groups (broad SMARTS) is 1. The summed E-state index contributed by atoms with van der Waals surface area (Å²) >= 11 is 0. The maximum absolute atomic E-state index is 15.4. The lowest BCUT2D eigenvalue weighted by Crippen LogP contribution is -2.15. The van der Waals surface area contributed by atoms with Gasteiger partial charge in [-0.05, 0) is 65.1 Å². The van der Waals surface area contributed by atoms with Crippen molar-refractivity contribution in [3.63, 3.8) is 0 Å². The Hall–Kier alpha value is -3.15. The van der Waals surface area contributed by atoms with Gasteiger partial charge in [0, 0.05) is 5.56 Å². The first-order chi connectivity index (χ1) is 19.3. The molecule has 2 nitrogen and oxygen atoms in total. The van der Waals surface area contributed by atoms with Gasteiger partial charge in [-0.15, -0.1) is 0 Å². The van der Waals surface area contributed by atoms with E-state index in [4.69, 9.17) is 0 Å². The molecule has 0 spiro atoms. The fourth-order valence-corrected chi connectivity index (χ4v) is 6.03. The van der Waals surface area contributed by atoms with E-state index in [2.05, 4.69) is 6.92 Å². The Balaban J connectivity index is 1.43. The number of halogens is 4. The van der Waals surface area contributed by atoms with Gasteiger partial charge in [-0.3, -0.25) is 0 Å². The molecule has 0 radical (unpaired) electrons. The van der Waals surface area contributed by atoms with Crippen LogP contribution in [0.1, 0.15) is 93.5 Å². The highest BCUT2D eigenvalue weighted by Gasteiger charge is 2.23. The first-order valence-corrected chi connectivity index (χ1v) is 14.6. The Morgan fingerprint density at radius 1 is 0.750 bits per heavy atom. The van der Waals surface area contributed by atoms with E-state index in [1.54, 1.807) is 12.1 Å². The Bertz CT molecular complexity index is 1270. The Labute approximate surface area is 234 Å². The number of unbranched alkanes of at least 4 members (excludes halogenated alkanes) is 4. The molecule has 40 heavy (non-hydrogen) atoms. The van der Waals surface area contributed by atoms with Gasteiger partial charge in [0.25, 0.3) is 0 Å². The summed E-state index contributed by atoms with van der Waals surface area (Å²) in [6, 6.07) is 11.4. The van der Waals surface area contributed by atoms with Gasteiger partial charge in [-0.2, -0.15) is 0 Å². The van der Waals surface area contributed by atoms with Gasteiger partial charge in [0.1, 0.15) is 5.82 Å². The van der Waals surface area contributed by atoms with Gasteiger partial charge >= 0.3 is 5.97 Å². The molecule has 1 N–H and O–H groups in total. The maximum atomic E-state index is 15.4. The summed E-state index contributed by atoms with van der Waals surface area (Å²) in [6.07, 6.45) is 15.3. The van der Waals surface area contributed by atoms with Crippen molar-refractivity contribution in [2.75, 3.05) is 0 Å². The minimum Gasteiger partial charge on any atom is -0.478 e. The third-order valence-corrected chi connectivity index (χ3v) is 8.43. The van der Waals surface area contributed by atoms with E-state index in [9.17, 15) is 23.1 Å². The minimum absolute atomic E-state index is 0.271. The molecule has 3 aromatic carbocycles. The quantitative estimate of drug-likeness (QED) is 0.137. The average Bonchev–Trinajstić information content (AvgIpc) is 2.95. The van der Waals surface area contributed by atoms with Crippen molar-refractivity contribution in [2.45, 2.75) is 84.0 Å². The molecule has 0 aromatic heterocycles. The molecule has 0 heterocycles. The predicted octanol–water partition coefficient (Wildman–Crippen LogP) is 10.4. The predicted molar refractivity (Wildman–Crippen MR) is 151 cm³/mol. The summed E-state index contributed by atoms with van der Waals surface area (Å²) in [6.45, 7) is 2.25. The van der Waals surface area contributed by atoms with E-state index >= 15 is 4.39 Å². The molecule has 0 saturated heterocycles. The van der Waals surface area contributed by atoms with Crippen LogP contribution >= 0.6 is 0 Å². The molecule has 1 aliphatic rings. The lowest BCUT2D eigenvalue weighted by atomic mass is 9.77. The number of aromatic carboxylic acids is 1. The molecule has 214 valence electrons. The zero-order valence-electron chi connectivity index (χ0n) is 23.1. The number of carbonyl (C=O) groups is 1. The molecular formula is C34H38F4O2. The van der Waals surface area contributed by atoms with Gasteiger partial charge in [0.2, 0.25) is 0 Å². The van der Waals surface area contributed by atoms with Gasteiger partial charge in [0.15, 0.2) is 17.5 Å². The molecule has 0 unspecified atom stereocenters. The summed E-state index contributed by atoms with van der Waals surface area (Å²) in [5, 5.41) is 9.39. The second-order valence-electron chi connectivity index (χ2n) is 11.2. The lowest BCUT2D eigenvalue weighted by Gasteiger charge is -2.28. The normalized spacial score (nSPS) is 17.2. The molecule has 0 amide bonds. The molecule has 0 bridgehead atoms. The second-order valence-corrected chi connectivity index (χ2v) is 11.2. The highest BCUT2D eigenvalue weighted by atomic mass is 19.2. The van der Waals surface area contributed by atoms with Crippen LogP contribution in [0.3, 0.4) is 0 Å². The van der Waals surface area contributed by atoms with Crippen LogP contribution in [-0.4, -0.2) is 11.1 Å². The van der Waals surface area contributed by atoms with Crippen LogP contribution in [0.4, 0.5) is 17.6 Å². The molecule has 4 rings (SSSR count).